The quantitative estimate of drug-likeness (QED) is 0.113. The van der Waals surface area contributed by atoms with Gasteiger partial charge in [0.1, 0.15) is 0 Å². The van der Waals surface area contributed by atoms with E-state index in [0.29, 0.717) is 0 Å². The van der Waals surface area contributed by atoms with Crippen molar-refractivity contribution in [3.63, 3.8) is 0 Å². The maximum atomic E-state index is 3.48. The monoisotopic (exact) mass is 828 g/mol. The van der Waals surface area contributed by atoms with Crippen molar-refractivity contribution in [1.29, 1.82) is 0 Å². The number of hydrogen-bond acceptors (Lipinski definition) is 0. The second kappa shape index (κ2) is 17.2. The fraction of sp³-hybridized carbons (Fsp3) is 0.286. The first-order valence-electron chi connectivity index (χ1n) is 16.1. The van der Waals surface area contributed by atoms with Crippen molar-refractivity contribution in [3.05, 3.63) is 153 Å². The van der Waals surface area contributed by atoms with E-state index >= 15 is 0 Å². The minimum absolute atomic E-state index is 0. The first kappa shape index (κ1) is 42.0. The van der Waals surface area contributed by atoms with Crippen molar-refractivity contribution in [1.82, 2.24) is 9.13 Å². The average Bonchev–Trinajstić information content (AvgIpc) is 3.57. The molecule has 4 nitrogen and oxygen atoms in total. The Labute approximate surface area is 327 Å². The van der Waals surface area contributed by atoms with Crippen LogP contribution >= 0.6 is 0 Å². The summed E-state index contributed by atoms with van der Waals surface area (Å²) in [5.41, 5.74) is 20.3. The molecule has 0 unspecified atom stereocenters. The van der Waals surface area contributed by atoms with Crippen molar-refractivity contribution in [2.75, 3.05) is 0 Å². The van der Waals surface area contributed by atoms with Crippen LogP contribution in [-0.4, -0.2) is 9.13 Å². The van der Waals surface area contributed by atoms with Crippen LogP contribution in [0.3, 0.4) is 0 Å². The topological polar surface area (TPSA) is 17.6 Å². The van der Waals surface area contributed by atoms with Gasteiger partial charge in [-0.2, -0.15) is 0 Å². The van der Waals surface area contributed by atoms with Gasteiger partial charge >= 0.3 is 16.5 Å². The first-order chi connectivity index (χ1) is 21.7. The number of halogens is 2. The smallest absolute Gasteiger partial charge is 1.00 e. The number of hydrogen-bond donors (Lipinski definition) is 0. The summed E-state index contributed by atoms with van der Waals surface area (Å²) in [5, 5.41) is 0. The number of aromatic nitrogens is 4. The first-order valence-corrected chi connectivity index (χ1v) is 16.1. The zero-order valence-corrected chi connectivity index (χ0v) is 34.7. The molecule has 2 aromatic heterocycles. The van der Waals surface area contributed by atoms with Gasteiger partial charge < -0.3 is 36.4 Å². The Morgan fingerprint density at radius 2 is 0.633 bits per heavy atom. The molecule has 0 saturated heterocycles. The van der Waals surface area contributed by atoms with E-state index in [4.69, 9.17) is 0 Å². The number of benzene rings is 4. The predicted molar refractivity (Wildman–Crippen MR) is 189 cm³/mol. The van der Waals surface area contributed by atoms with E-state index in [9.17, 15) is 0 Å². The van der Waals surface area contributed by atoms with Crippen LogP contribution in [0.4, 0.5) is 0 Å². The molecule has 4 aromatic carbocycles. The molecule has 0 radical (unpaired) electrons. The molecule has 0 amide bonds. The molecule has 0 bridgehead atoms. The van der Waals surface area contributed by atoms with E-state index in [1.165, 1.54) is 89.5 Å². The van der Waals surface area contributed by atoms with Crippen LogP contribution in [-0.2, 0) is 16.5 Å². The van der Waals surface area contributed by atoms with E-state index in [1.807, 2.05) is 0 Å². The Kier molecular flexibility index (Phi) is 14.7. The van der Waals surface area contributed by atoms with Gasteiger partial charge in [0.25, 0.3) is 12.7 Å². The average molecular weight is 830 g/mol. The van der Waals surface area contributed by atoms with Crippen LogP contribution in [0.15, 0.2) is 73.3 Å². The molecule has 260 valence electrons. The van der Waals surface area contributed by atoms with E-state index in [0.717, 1.165) is 0 Å². The largest absolute Gasteiger partial charge is 2.00 e. The second-order valence-electron chi connectivity index (χ2n) is 13.3. The maximum Gasteiger partial charge on any atom is 2.00 e. The molecule has 49 heavy (non-hydrogen) atoms. The maximum absolute atomic E-state index is 3.48. The summed E-state index contributed by atoms with van der Waals surface area (Å²) >= 11 is 0. The van der Waals surface area contributed by atoms with Crippen LogP contribution in [0.5, 0.6) is 0 Å². The molecule has 2 heterocycles. The number of nitrogens with zero attached hydrogens (tertiary/aromatic N) is 4. The second-order valence-corrected chi connectivity index (χ2v) is 13.3. The van der Waals surface area contributed by atoms with Gasteiger partial charge in [-0.15, -0.1) is 0 Å². The molecule has 0 fully saturated rings. The zero-order valence-electron chi connectivity index (χ0n) is 30.8. The Bertz CT molecular complexity index is 1700. The van der Waals surface area contributed by atoms with Gasteiger partial charge in [-0.05, 0) is 128 Å². The third-order valence-corrected chi connectivity index (χ3v) is 8.67. The molecular weight excluding hydrogens is 782 g/mol. The van der Waals surface area contributed by atoms with Crippen molar-refractivity contribution in [2.24, 2.45) is 0 Å². The molecule has 0 aliphatic heterocycles. The Hall–Kier alpha value is -3.19. The van der Waals surface area contributed by atoms with Crippen LogP contribution < -0.4 is 45.5 Å². The summed E-state index contributed by atoms with van der Waals surface area (Å²) in [7, 11) is 0. The number of aryl methyl sites for hydroxylation is 12. The summed E-state index contributed by atoms with van der Waals surface area (Å²) in [5.74, 6) is 0. The van der Waals surface area contributed by atoms with Gasteiger partial charge in [0, 0.05) is 24.8 Å². The van der Waals surface area contributed by atoms with Gasteiger partial charge in [-0.25, -0.2) is 0 Å². The van der Waals surface area contributed by atoms with Crippen molar-refractivity contribution in [2.45, 2.75) is 83.1 Å². The molecule has 0 saturated carbocycles. The predicted octanol–water partition coefficient (Wildman–Crippen LogP) is 2.81. The standard InChI is InChI=1S/2C21H24N2.ClH.HI.Ni/c2*1-14-9-16(3)20(17(4)10-14)22-7-8-23(13-22)21-18(5)11-15(2)12-19(21)6;;;/h2*7-12H,1-6H3;2*1H;/q;;;;+2/p-2. The van der Waals surface area contributed by atoms with E-state index < -0.39 is 0 Å². The van der Waals surface area contributed by atoms with E-state index in [1.54, 1.807) is 0 Å². The summed E-state index contributed by atoms with van der Waals surface area (Å²) in [4.78, 5) is 0. The van der Waals surface area contributed by atoms with Gasteiger partial charge in [0.05, 0.1) is 22.7 Å². The van der Waals surface area contributed by atoms with Crippen LogP contribution in [0, 0.1) is 95.7 Å². The normalized spacial score (nSPS) is 10.4. The van der Waals surface area contributed by atoms with Crippen LogP contribution in [0.25, 0.3) is 22.7 Å². The third-order valence-electron chi connectivity index (χ3n) is 8.67. The zero-order chi connectivity index (χ0) is 33.4. The van der Waals surface area contributed by atoms with Crippen molar-refractivity contribution < 1.29 is 62.0 Å². The fourth-order valence-corrected chi connectivity index (χ4v) is 7.34. The molecule has 6 aromatic rings. The SMILES string of the molecule is Cc1cc(C)c(-n2[c-][n+](-c3c(C)cc(C)cc3C)cc2)c(C)c1.Cc1cc(C)c(-n2[c-][n+](-c3c(C)cc(C)cc3C)cc2)c(C)c1.[Cl-].[I-].[Ni+2]. The van der Waals surface area contributed by atoms with Gasteiger partial charge in [0.2, 0.25) is 0 Å². The number of rotatable bonds is 4. The van der Waals surface area contributed by atoms with Crippen molar-refractivity contribution in [3.8, 4) is 22.7 Å². The molecule has 0 aliphatic rings. The van der Waals surface area contributed by atoms with Crippen LogP contribution in [0.2, 0.25) is 0 Å². The van der Waals surface area contributed by atoms with Crippen LogP contribution in [0.1, 0.15) is 66.8 Å². The summed E-state index contributed by atoms with van der Waals surface area (Å²) in [6.45, 7) is 25.9. The summed E-state index contributed by atoms with van der Waals surface area (Å²) < 4.78 is 8.40. The summed E-state index contributed by atoms with van der Waals surface area (Å²) in [6.07, 6.45) is 15.3. The van der Waals surface area contributed by atoms with Gasteiger partial charge in [-0.1, -0.05) is 70.8 Å². The Morgan fingerprint density at radius 3 is 0.878 bits per heavy atom. The Balaban J connectivity index is 0.000000321. The molecule has 7 heteroatoms. The van der Waals surface area contributed by atoms with Crippen molar-refractivity contribution >= 4 is 0 Å². The van der Waals surface area contributed by atoms with Gasteiger partial charge in [-0.3, -0.25) is 18.3 Å². The minimum atomic E-state index is 0. The van der Waals surface area contributed by atoms with Gasteiger partial charge in [0.15, 0.2) is 0 Å². The molecule has 0 atom stereocenters. The molecule has 0 spiro atoms. The fourth-order valence-electron chi connectivity index (χ4n) is 7.34. The molecular formula is C42H48ClIN4Ni. The molecule has 0 N–H and O–H groups in total. The molecule has 0 aliphatic carbocycles. The van der Waals surface area contributed by atoms with E-state index in [2.05, 4.69) is 187 Å². The minimum Gasteiger partial charge on any atom is -1.00 e. The molecule has 6 rings (SSSR count). The Morgan fingerprint density at radius 1 is 0.408 bits per heavy atom. The number of imidazole rings is 2. The van der Waals surface area contributed by atoms with E-state index in [-0.39, 0.29) is 52.9 Å². The third kappa shape index (κ3) is 9.14. The summed E-state index contributed by atoms with van der Waals surface area (Å²) in [6, 6.07) is 17.8.